The molecule has 3 heterocycles. The number of anilines is 1. The SMILES string of the molecule is CC(Nc1nccc(-n2cnc3ccccc32)n1)c1ccoc1.[HH]. The maximum absolute atomic E-state index is 5.11. The number of nitrogens with one attached hydrogen (secondary N) is 1. The molecule has 1 unspecified atom stereocenters. The average Bonchev–Trinajstić information content (AvgIpc) is 3.25. The molecule has 0 spiro atoms. The fourth-order valence-corrected chi connectivity index (χ4v) is 2.49. The van der Waals surface area contributed by atoms with Crippen molar-refractivity contribution in [3.05, 3.63) is 67.0 Å². The van der Waals surface area contributed by atoms with Crippen LogP contribution < -0.4 is 5.32 Å². The number of aromatic nitrogens is 4. The van der Waals surface area contributed by atoms with Crippen LogP contribution in [0.4, 0.5) is 5.95 Å². The Morgan fingerprint density at radius 2 is 2.09 bits per heavy atom. The second kappa shape index (κ2) is 5.57. The minimum absolute atomic E-state index is 0. The summed E-state index contributed by atoms with van der Waals surface area (Å²) in [6.07, 6.45) is 6.88. The molecular weight excluding hydrogens is 290 g/mol. The Bertz CT molecular complexity index is 935. The molecule has 0 saturated carbocycles. The van der Waals surface area contributed by atoms with Crippen LogP contribution in [0.15, 0.2) is 65.9 Å². The molecule has 23 heavy (non-hydrogen) atoms. The van der Waals surface area contributed by atoms with Crippen LogP contribution in [0.5, 0.6) is 0 Å². The maximum atomic E-state index is 5.11. The zero-order chi connectivity index (χ0) is 15.6. The first-order chi connectivity index (χ1) is 11.3. The van der Waals surface area contributed by atoms with Gasteiger partial charge < -0.3 is 9.73 Å². The number of nitrogens with zero attached hydrogens (tertiary/aromatic N) is 4. The summed E-state index contributed by atoms with van der Waals surface area (Å²) < 4.78 is 7.06. The summed E-state index contributed by atoms with van der Waals surface area (Å²) in [5, 5.41) is 3.28. The molecule has 4 rings (SSSR count). The summed E-state index contributed by atoms with van der Waals surface area (Å²) in [6, 6.07) is 11.8. The van der Waals surface area contributed by atoms with Gasteiger partial charge in [-0.1, -0.05) is 12.1 Å². The van der Waals surface area contributed by atoms with Gasteiger partial charge >= 0.3 is 0 Å². The van der Waals surface area contributed by atoms with Crippen LogP contribution >= 0.6 is 0 Å². The molecule has 0 saturated heterocycles. The van der Waals surface area contributed by atoms with Gasteiger partial charge in [0, 0.05) is 13.2 Å². The van der Waals surface area contributed by atoms with Crippen LogP contribution in [0.25, 0.3) is 16.9 Å². The van der Waals surface area contributed by atoms with Crippen molar-refractivity contribution >= 4 is 17.0 Å². The molecular formula is C17H17N5O. The van der Waals surface area contributed by atoms with E-state index < -0.39 is 0 Å². The third-order valence-electron chi connectivity index (χ3n) is 3.73. The van der Waals surface area contributed by atoms with Crippen molar-refractivity contribution in [3.8, 4) is 5.82 Å². The minimum Gasteiger partial charge on any atom is -0.472 e. The molecule has 1 N–H and O–H groups in total. The summed E-state index contributed by atoms with van der Waals surface area (Å²) in [7, 11) is 0. The van der Waals surface area contributed by atoms with Crippen LogP contribution in [0.1, 0.15) is 20.0 Å². The third kappa shape index (κ3) is 2.55. The summed E-state index contributed by atoms with van der Waals surface area (Å²) >= 11 is 0. The predicted octanol–water partition coefficient (Wildman–Crippen LogP) is 3.83. The molecule has 0 bridgehead atoms. The Labute approximate surface area is 134 Å². The molecule has 0 aliphatic heterocycles. The number of furan rings is 1. The van der Waals surface area contributed by atoms with Crippen molar-refractivity contribution in [2.45, 2.75) is 13.0 Å². The number of hydrogen-bond acceptors (Lipinski definition) is 5. The van der Waals surface area contributed by atoms with E-state index in [0.717, 1.165) is 22.4 Å². The lowest BCUT2D eigenvalue weighted by atomic mass is 10.2. The van der Waals surface area contributed by atoms with Gasteiger partial charge in [-0.25, -0.2) is 9.97 Å². The highest BCUT2D eigenvalue weighted by Crippen LogP contribution is 2.19. The Kier molecular flexibility index (Phi) is 3.27. The smallest absolute Gasteiger partial charge is 0.225 e. The lowest BCUT2D eigenvalue weighted by Gasteiger charge is -2.12. The monoisotopic (exact) mass is 307 g/mol. The van der Waals surface area contributed by atoms with Crippen molar-refractivity contribution in [1.82, 2.24) is 19.5 Å². The third-order valence-corrected chi connectivity index (χ3v) is 3.73. The molecule has 4 aromatic rings. The van der Waals surface area contributed by atoms with Gasteiger partial charge in [-0.15, -0.1) is 0 Å². The number of fused-ring (bicyclic) bond motifs is 1. The largest absolute Gasteiger partial charge is 0.472 e. The number of hydrogen-bond donors (Lipinski definition) is 1. The number of benzene rings is 1. The Balaban J connectivity index is 0.00000169. The first-order valence-electron chi connectivity index (χ1n) is 7.35. The van der Waals surface area contributed by atoms with Crippen LogP contribution in [-0.4, -0.2) is 19.5 Å². The van der Waals surface area contributed by atoms with Gasteiger partial charge in [-0.05, 0) is 31.2 Å². The number of imidazole rings is 1. The molecule has 1 atom stereocenters. The zero-order valence-corrected chi connectivity index (χ0v) is 12.5. The highest BCUT2D eigenvalue weighted by Gasteiger charge is 2.10. The highest BCUT2D eigenvalue weighted by molar-refractivity contribution is 5.76. The van der Waals surface area contributed by atoms with Gasteiger partial charge in [-0.2, -0.15) is 4.98 Å². The van der Waals surface area contributed by atoms with E-state index in [-0.39, 0.29) is 7.47 Å². The topological polar surface area (TPSA) is 68.8 Å². The lowest BCUT2D eigenvalue weighted by Crippen LogP contribution is -2.10. The van der Waals surface area contributed by atoms with Crippen molar-refractivity contribution in [3.63, 3.8) is 0 Å². The molecule has 3 aromatic heterocycles. The first kappa shape index (κ1) is 13.5. The van der Waals surface area contributed by atoms with Crippen molar-refractivity contribution < 1.29 is 5.84 Å². The Morgan fingerprint density at radius 3 is 2.96 bits per heavy atom. The fourth-order valence-electron chi connectivity index (χ4n) is 2.49. The maximum Gasteiger partial charge on any atom is 0.225 e. The van der Waals surface area contributed by atoms with E-state index in [0.29, 0.717) is 5.95 Å². The Hall–Kier alpha value is -3.15. The van der Waals surface area contributed by atoms with E-state index in [1.54, 1.807) is 25.1 Å². The molecule has 0 radical (unpaired) electrons. The second-order valence-corrected chi connectivity index (χ2v) is 5.26. The van der Waals surface area contributed by atoms with Crippen molar-refractivity contribution in [2.24, 2.45) is 0 Å². The minimum atomic E-state index is 0. The van der Waals surface area contributed by atoms with Crippen LogP contribution in [0, 0.1) is 0 Å². The lowest BCUT2D eigenvalue weighted by molar-refractivity contribution is 0.562. The van der Waals surface area contributed by atoms with Gasteiger partial charge in [-0.3, -0.25) is 4.57 Å². The molecule has 1 aromatic carbocycles. The Morgan fingerprint density at radius 1 is 1.17 bits per heavy atom. The quantitative estimate of drug-likeness (QED) is 0.620. The molecule has 6 nitrogen and oxygen atoms in total. The van der Waals surface area contributed by atoms with E-state index >= 15 is 0 Å². The van der Waals surface area contributed by atoms with Gasteiger partial charge in [0.15, 0.2) is 0 Å². The van der Waals surface area contributed by atoms with Crippen molar-refractivity contribution in [2.75, 3.05) is 5.32 Å². The van der Waals surface area contributed by atoms with Gasteiger partial charge in [0.2, 0.25) is 5.95 Å². The average molecular weight is 307 g/mol. The molecule has 116 valence electrons. The van der Waals surface area contributed by atoms with Crippen LogP contribution in [0.3, 0.4) is 0 Å². The summed E-state index contributed by atoms with van der Waals surface area (Å²) in [4.78, 5) is 13.3. The number of para-hydroxylation sites is 2. The molecule has 0 amide bonds. The van der Waals surface area contributed by atoms with Gasteiger partial charge in [0.05, 0.1) is 29.6 Å². The molecule has 6 heteroatoms. The normalized spacial score (nSPS) is 12.4. The first-order valence-corrected chi connectivity index (χ1v) is 7.35. The summed E-state index contributed by atoms with van der Waals surface area (Å²) in [5.74, 6) is 1.34. The van der Waals surface area contributed by atoms with Crippen LogP contribution in [0.2, 0.25) is 0 Å². The van der Waals surface area contributed by atoms with E-state index in [1.807, 2.05) is 47.9 Å². The number of rotatable bonds is 4. The fraction of sp³-hybridized carbons (Fsp3) is 0.118. The summed E-state index contributed by atoms with van der Waals surface area (Å²) in [6.45, 7) is 2.04. The van der Waals surface area contributed by atoms with Crippen LogP contribution in [-0.2, 0) is 0 Å². The van der Waals surface area contributed by atoms with E-state index in [2.05, 4.69) is 20.3 Å². The van der Waals surface area contributed by atoms with E-state index in [1.165, 1.54) is 0 Å². The van der Waals surface area contributed by atoms with Gasteiger partial charge in [0.25, 0.3) is 0 Å². The summed E-state index contributed by atoms with van der Waals surface area (Å²) in [5.41, 5.74) is 3.00. The highest BCUT2D eigenvalue weighted by atomic mass is 16.3. The standard InChI is InChI=1S/C17H15N5O.H2/c1-12(13-7-9-23-10-13)20-17-18-8-6-16(21-17)22-11-19-14-4-2-3-5-15(14)22;/h2-12H,1H3,(H,18,20,21);1H. The van der Waals surface area contributed by atoms with Gasteiger partial charge in [0.1, 0.15) is 12.1 Å². The second-order valence-electron chi connectivity index (χ2n) is 5.26. The zero-order valence-electron chi connectivity index (χ0n) is 12.5. The van der Waals surface area contributed by atoms with Crippen molar-refractivity contribution in [1.29, 1.82) is 0 Å². The molecule has 0 aliphatic rings. The predicted molar refractivity (Wildman–Crippen MR) is 89.5 cm³/mol. The molecule has 0 aliphatic carbocycles. The van der Waals surface area contributed by atoms with E-state index in [9.17, 15) is 0 Å². The molecule has 0 fully saturated rings. The van der Waals surface area contributed by atoms with E-state index in [4.69, 9.17) is 4.42 Å².